The topological polar surface area (TPSA) is 56.3 Å². The van der Waals surface area contributed by atoms with Crippen molar-refractivity contribution in [2.24, 2.45) is 0 Å². The van der Waals surface area contributed by atoms with Crippen LogP contribution in [0.2, 0.25) is 0 Å². The minimum atomic E-state index is 0.511. The molecule has 0 spiro atoms. The number of rotatable bonds is 4. The average Bonchev–Trinajstić information content (AvgIpc) is 2.17. The first-order valence-corrected chi connectivity index (χ1v) is 3.90. The van der Waals surface area contributed by atoms with Crippen LogP contribution in [0, 0.1) is 0 Å². The minimum absolute atomic E-state index is 0.511. The first-order valence-electron chi connectivity index (χ1n) is 3.90. The van der Waals surface area contributed by atoms with Gasteiger partial charge in [-0.05, 0) is 7.05 Å². The Morgan fingerprint density at radius 3 is 2.15 bits per heavy atom. The largest absolute Gasteiger partial charge is 0.481 e. The van der Waals surface area contributed by atoms with Gasteiger partial charge in [0.2, 0.25) is 11.8 Å². The molecular formula is C8H13N3O2. The molecule has 5 nitrogen and oxygen atoms in total. The fourth-order valence-corrected chi connectivity index (χ4v) is 0.896. The van der Waals surface area contributed by atoms with Crippen molar-refractivity contribution in [3.8, 4) is 11.8 Å². The molecule has 1 rings (SSSR count). The van der Waals surface area contributed by atoms with E-state index in [4.69, 9.17) is 9.47 Å². The summed E-state index contributed by atoms with van der Waals surface area (Å²) in [6.07, 6.45) is 0. The van der Waals surface area contributed by atoms with Crippen LogP contribution in [-0.4, -0.2) is 31.2 Å². The lowest BCUT2D eigenvalue weighted by Crippen LogP contribution is -2.10. The van der Waals surface area contributed by atoms with Gasteiger partial charge in [-0.25, -0.2) is 0 Å². The quantitative estimate of drug-likeness (QED) is 0.723. The first-order chi connectivity index (χ1) is 6.30. The number of aromatic nitrogens is 2. The number of nitrogens with zero attached hydrogens (tertiary/aromatic N) is 2. The molecule has 0 saturated carbocycles. The summed E-state index contributed by atoms with van der Waals surface area (Å²) >= 11 is 0. The number of hydrogen-bond donors (Lipinski definition) is 1. The van der Waals surface area contributed by atoms with Gasteiger partial charge in [0.1, 0.15) is 5.82 Å². The fourth-order valence-electron chi connectivity index (χ4n) is 0.896. The van der Waals surface area contributed by atoms with Crippen molar-refractivity contribution in [1.29, 1.82) is 0 Å². The number of methoxy groups -OCH3 is 2. The van der Waals surface area contributed by atoms with Crippen molar-refractivity contribution in [1.82, 2.24) is 15.3 Å². The predicted molar refractivity (Wildman–Crippen MR) is 47.9 cm³/mol. The summed E-state index contributed by atoms with van der Waals surface area (Å²) in [6.45, 7) is 0.591. The normalized spacial score (nSPS) is 9.77. The van der Waals surface area contributed by atoms with Crippen molar-refractivity contribution >= 4 is 0 Å². The van der Waals surface area contributed by atoms with Gasteiger partial charge in [-0.1, -0.05) is 0 Å². The molecule has 1 N–H and O–H groups in total. The van der Waals surface area contributed by atoms with Gasteiger partial charge in [-0.2, -0.15) is 9.97 Å². The van der Waals surface area contributed by atoms with Crippen molar-refractivity contribution < 1.29 is 9.47 Å². The second-order valence-electron chi connectivity index (χ2n) is 2.40. The third-order valence-electron chi connectivity index (χ3n) is 1.48. The highest BCUT2D eigenvalue weighted by atomic mass is 16.5. The van der Waals surface area contributed by atoms with Gasteiger partial charge >= 0.3 is 0 Å². The smallest absolute Gasteiger partial charge is 0.220 e. The number of ether oxygens (including phenoxy) is 2. The maximum atomic E-state index is 4.98. The molecule has 1 heterocycles. The molecule has 0 radical (unpaired) electrons. The summed E-state index contributed by atoms with van der Waals surface area (Å²) in [5, 5.41) is 2.95. The molecule has 5 heteroatoms. The summed E-state index contributed by atoms with van der Waals surface area (Å²) in [7, 11) is 4.95. The van der Waals surface area contributed by atoms with E-state index in [9.17, 15) is 0 Å². The van der Waals surface area contributed by atoms with Crippen molar-refractivity contribution in [3.63, 3.8) is 0 Å². The molecule has 0 atom stereocenters. The molecule has 0 saturated heterocycles. The van der Waals surface area contributed by atoms with E-state index in [1.807, 2.05) is 7.05 Å². The molecule has 0 aromatic carbocycles. The van der Waals surface area contributed by atoms with Crippen molar-refractivity contribution in [2.75, 3.05) is 21.3 Å². The highest BCUT2D eigenvalue weighted by molar-refractivity contribution is 5.20. The Hall–Kier alpha value is -1.36. The average molecular weight is 183 g/mol. The fraction of sp³-hybridized carbons (Fsp3) is 0.500. The van der Waals surface area contributed by atoms with Crippen LogP contribution in [0.25, 0.3) is 0 Å². The van der Waals surface area contributed by atoms with Crippen LogP contribution < -0.4 is 14.8 Å². The van der Waals surface area contributed by atoms with E-state index in [-0.39, 0.29) is 0 Å². The standard InChI is InChI=1S/C8H13N3O2/c1-9-5-6-10-7(12-2)4-8(11-6)13-3/h4,9H,5H2,1-3H3. The van der Waals surface area contributed by atoms with Crippen LogP contribution in [0.1, 0.15) is 5.82 Å². The van der Waals surface area contributed by atoms with Gasteiger partial charge < -0.3 is 14.8 Å². The Morgan fingerprint density at radius 1 is 1.23 bits per heavy atom. The lowest BCUT2D eigenvalue weighted by atomic mass is 10.5. The van der Waals surface area contributed by atoms with E-state index in [0.29, 0.717) is 24.1 Å². The molecule has 13 heavy (non-hydrogen) atoms. The van der Waals surface area contributed by atoms with Crippen LogP contribution in [0.5, 0.6) is 11.8 Å². The molecule has 0 fully saturated rings. The van der Waals surface area contributed by atoms with E-state index in [0.717, 1.165) is 0 Å². The van der Waals surface area contributed by atoms with Crippen LogP contribution in [-0.2, 0) is 6.54 Å². The monoisotopic (exact) mass is 183 g/mol. The molecule has 0 bridgehead atoms. The second-order valence-corrected chi connectivity index (χ2v) is 2.40. The van der Waals surface area contributed by atoms with E-state index < -0.39 is 0 Å². The molecule has 0 unspecified atom stereocenters. The Bertz CT molecular complexity index is 256. The van der Waals surface area contributed by atoms with Gasteiger partial charge in [0.25, 0.3) is 0 Å². The van der Waals surface area contributed by atoms with Gasteiger partial charge in [0.05, 0.1) is 26.8 Å². The Balaban J connectivity index is 2.93. The van der Waals surface area contributed by atoms with Crippen molar-refractivity contribution in [3.05, 3.63) is 11.9 Å². The lowest BCUT2D eigenvalue weighted by molar-refractivity contribution is 0.367. The molecule has 1 aromatic rings. The van der Waals surface area contributed by atoms with E-state index >= 15 is 0 Å². The summed E-state index contributed by atoms with van der Waals surface area (Å²) in [4.78, 5) is 8.23. The van der Waals surface area contributed by atoms with E-state index in [1.54, 1.807) is 20.3 Å². The summed E-state index contributed by atoms with van der Waals surface area (Å²) in [5.41, 5.74) is 0. The SMILES string of the molecule is CNCc1nc(OC)cc(OC)n1. The number of nitrogens with one attached hydrogen (secondary N) is 1. The van der Waals surface area contributed by atoms with E-state index in [1.165, 1.54) is 0 Å². The van der Waals surface area contributed by atoms with Gasteiger partial charge in [-0.15, -0.1) is 0 Å². The van der Waals surface area contributed by atoms with Crippen LogP contribution in [0.3, 0.4) is 0 Å². The molecule has 0 aliphatic rings. The predicted octanol–water partition coefficient (Wildman–Crippen LogP) is 0.213. The molecular weight excluding hydrogens is 170 g/mol. The first kappa shape index (κ1) is 9.73. The van der Waals surface area contributed by atoms with Crippen LogP contribution in [0.4, 0.5) is 0 Å². The van der Waals surface area contributed by atoms with Gasteiger partial charge in [-0.3, -0.25) is 0 Å². The van der Waals surface area contributed by atoms with Gasteiger partial charge in [0, 0.05) is 0 Å². The van der Waals surface area contributed by atoms with Gasteiger partial charge in [0.15, 0.2) is 0 Å². The third-order valence-corrected chi connectivity index (χ3v) is 1.48. The van der Waals surface area contributed by atoms with Crippen molar-refractivity contribution in [2.45, 2.75) is 6.54 Å². The maximum absolute atomic E-state index is 4.98. The summed E-state index contributed by atoms with van der Waals surface area (Å²) < 4.78 is 9.97. The van der Waals surface area contributed by atoms with Crippen LogP contribution in [0.15, 0.2) is 6.07 Å². The summed E-state index contributed by atoms with van der Waals surface area (Å²) in [6, 6.07) is 1.64. The van der Waals surface area contributed by atoms with Crippen LogP contribution >= 0.6 is 0 Å². The highest BCUT2D eigenvalue weighted by Gasteiger charge is 2.03. The Labute approximate surface area is 77.1 Å². The molecule has 72 valence electrons. The lowest BCUT2D eigenvalue weighted by Gasteiger charge is -2.05. The zero-order chi connectivity index (χ0) is 9.68. The second kappa shape index (κ2) is 4.61. The zero-order valence-corrected chi connectivity index (χ0v) is 8.00. The molecule has 0 aliphatic carbocycles. The summed E-state index contributed by atoms with van der Waals surface area (Å²) in [5.74, 6) is 1.67. The molecule has 1 aromatic heterocycles. The number of hydrogen-bond acceptors (Lipinski definition) is 5. The molecule has 0 aliphatic heterocycles. The maximum Gasteiger partial charge on any atom is 0.220 e. The minimum Gasteiger partial charge on any atom is -0.481 e. The Kier molecular flexibility index (Phi) is 3.45. The highest BCUT2D eigenvalue weighted by Crippen LogP contribution is 2.14. The zero-order valence-electron chi connectivity index (χ0n) is 8.00. The molecule has 0 amide bonds. The van der Waals surface area contributed by atoms with E-state index in [2.05, 4.69) is 15.3 Å². The third kappa shape index (κ3) is 2.55. The Morgan fingerprint density at radius 2 is 1.77 bits per heavy atom.